The molecule has 0 amide bonds. The summed E-state index contributed by atoms with van der Waals surface area (Å²) in [5.41, 5.74) is 1.22. The average molecular weight is 300 g/mol. The molecule has 0 spiro atoms. The summed E-state index contributed by atoms with van der Waals surface area (Å²) in [4.78, 5) is 0. The van der Waals surface area contributed by atoms with Crippen molar-refractivity contribution in [3.05, 3.63) is 22.2 Å². The van der Waals surface area contributed by atoms with Gasteiger partial charge in [-0.1, -0.05) is 0 Å². The molecule has 1 saturated heterocycles. The number of benzene rings is 1. The summed E-state index contributed by atoms with van der Waals surface area (Å²) in [6, 6.07) is 4.61. The molecule has 1 unspecified atom stereocenters. The molecule has 0 aromatic heterocycles. The zero-order valence-electron chi connectivity index (χ0n) is 10.3. The molecule has 1 aromatic carbocycles. The Labute approximate surface area is 111 Å². The molecule has 17 heavy (non-hydrogen) atoms. The lowest BCUT2D eigenvalue weighted by Crippen LogP contribution is -2.23. The van der Waals surface area contributed by atoms with Gasteiger partial charge in [-0.3, -0.25) is 0 Å². The Kier molecular flexibility index (Phi) is 4.29. The van der Waals surface area contributed by atoms with Crippen LogP contribution in [0.4, 0.5) is 0 Å². The molecule has 0 bridgehead atoms. The molecule has 0 saturated carbocycles. The topological polar surface area (TPSA) is 30.5 Å². The van der Waals surface area contributed by atoms with Gasteiger partial charge in [0, 0.05) is 12.1 Å². The van der Waals surface area contributed by atoms with Crippen molar-refractivity contribution in [1.82, 2.24) is 5.32 Å². The zero-order valence-corrected chi connectivity index (χ0v) is 11.8. The molecular formula is C13H18BrNO2. The maximum Gasteiger partial charge on any atom is 0.136 e. The molecule has 1 heterocycles. The van der Waals surface area contributed by atoms with Gasteiger partial charge in [0.25, 0.3) is 0 Å². The molecule has 0 radical (unpaired) electrons. The van der Waals surface area contributed by atoms with Crippen LogP contribution in [-0.2, 0) is 6.42 Å². The number of methoxy groups -OCH3 is 2. The van der Waals surface area contributed by atoms with Gasteiger partial charge >= 0.3 is 0 Å². The van der Waals surface area contributed by atoms with Crippen molar-refractivity contribution in [1.29, 1.82) is 0 Å². The highest BCUT2D eigenvalue weighted by molar-refractivity contribution is 9.10. The number of hydrogen-bond acceptors (Lipinski definition) is 3. The van der Waals surface area contributed by atoms with E-state index in [9.17, 15) is 0 Å². The van der Waals surface area contributed by atoms with Gasteiger partial charge in [0.15, 0.2) is 0 Å². The summed E-state index contributed by atoms with van der Waals surface area (Å²) >= 11 is 3.52. The zero-order chi connectivity index (χ0) is 12.3. The Morgan fingerprint density at radius 1 is 1.29 bits per heavy atom. The lowest BCUT2D eigenvalue weighted by molar-refractivity contribution is 0.387. The molecule has 1 atom stereocenters. The van der Waals surface area contributed by atoms with Crippen molar-refractivity contribution in [2.24, 2.45) is 0 Å². The second-order valence-corrected chi connectivity index (χ2v) is 5.15. The molecule has 0 aliphatic carbocycles. The van der Waals surface area contributed by atoms with Gasteiger partial charge in [0.1, 0.15) is 11.5 Å². The first-order valence-corrected chi connectivity index (χ1v) is 6.67. The first kappa shape index (κ1) is 12.7. The summed E-state index contributed by atoms with van der Waals surface area (Å²) in [5, 5.41) is 3.50. The van der Waals surface area contributed by atoms with Crippen molar-refractivity contribution in [3.63, 3.8) is 0 Å². The van der Waals surface area contributed by atoms with Gasteiger partial charge < -0.3 is 14.8 Å². The van der Waals surface area contributed by atoms with Crippen LogP contribution < -0.4 is 14.8 Å². The van der Waals surface area contributed by atoms with E-state index in [0.717, 1.165) is 28.9 Å². The van der Waals surface area contributed by atoms with E-state index in [2.05, 4.69) is 27.3 Å². The SMILES string of the molecule is COc1cc(OC)c(CC2CCCN2)cc1Br. The summed E-state index contributed by atoms with van der Waals surface area (Å²) in [6.07, 6.45) is 3.52. The third-order valence-electron chi connectivity index (χ3n) is 3.18. The van der Waals surface area contributed by atoms with Crippen LogP contribution in [-0.4, -0.2) is 26.8 Å². The Hall–Kier alpha value is -0.740. The monoisotopic (exact) mass is 299 g/mol. The molecule has 3 nitrogen and oxygen atoms in total. The van der Waals surface area contributed by atoms with Gasteiger partial charge in [-0.15, -0.1) is 0 Å². The number of hydrogen-bond donors (Lipinski definition) is 1. The fourth-order valence-electron chi connectivity index (χ4n) is 2.28. The first-order chi connectivity index (χ1) is 8.24. The minimum atomic E-state index is 0.573. The van der Waals surface area contributed by atoms with Gasteiger partial charge in [-0.2, -0.15) is 0 Å². The molecule has 1 aliphatic heterocycles. The lowest BCUT2D eigenvalue weighted by atomic mass is 10.0. The number of halogens is 1. The smallest absolute Gasteiger partial charge is 0.136 e. The van der Waals surface area contributed by atoms with E-state index in [1.807, 2.05) is 6.07 Å². The molecule has 1 aliphatic rings. The van der Waals surface area contributed by atoms with Crippen LogP contribution in [0, 0.1) is 0 Å². The van der Waals surface area contributed by atoms with Gasteiger partial charge in [-0.25, -0.2) is 0 Å². The van der Waals surface area contributed by atoms with Crippen molar-refractivity contribution in [3.8, 4) is 11.5 Å². The summed E-state index contributed by atoms with van der Waals surface area (Å²) in [6.45, 7) is 1.13. The first-order valence-electron chi connectivity index (χ1n) is 5.88. The van der Waals surface area contributed by atoms with Crippen molar-refractivity contribution in [2.75, 3.05) is 20.8 Å². The molecule has 4 heteroatoms. The highest BCUT2D eigenvalue weighted by Gasteiger charge is 2.18. The fraction of sp³-hybridized carbons (Fsp3) is 0.538. The number of rotatable bonds is 4. The normalized spacial score (nSPS) is 19.4. The van der Waals surface area contributed by atoms with E-state index in [1.54, 1.807) is 14.2 Å². The third-order valence-corrected chi connectivity index (χ3v) is 3.80. The third kappa shape index (κ3) is 2.93. The van der Waals surface area contributed by atoms with Crippen LogP contribution in [0.15, 0.2) is 16.6 Å². The van der Waals surface area contributed by atoms with Gasteiger partial charge in [0.2, 0.25) is 0 Å². The molecule has 2 rings (SSSR count). The fourth-order valence-corrected chi connectivity index (χ4v) is 2.83. The van der Waals surface area contributed by atoms with Crippen LogP contribution in [0.2, 0.25) is 0 Å². The standard InChI is InChI=1S/C13H18BrNO2/c1-16-12-8-13(17-2)11(14)7-9(12)6-10-4-3-5-15-10/h7-8,10,15H,3-6H2,1-2H3. The Bertz CT molecular complexity index is 389. The quantitative estimate of drug-likeness (QED) is 0.927. The van der Waals surface area contributed by atoms with E-state index in [1.165, 1.54) is 18.4 Å². The van der Waals surface area contributed by atoms with Crippen molar-refractivity contribution in [2.45, 2.75) is 25.3 Å². The molecular weight excluding hydrogens is 282 g/mol. The van der Waals surface area contributed by atoms with Gasteiger partial charge in [-0.05, 0) is 53.4 Å². The second-order valence-electron chi connectivity index (χ2n) is 4.30. The van der Waals surface area contributed by atoms with Crippen molar-refractivity contribution >= 4 is 15.9 Å². The molecule has 94 valence electrons. The van der Waals surface area contributed by atoms with Crippen molar-refractivity contribution < 1.29 is 9.47 Å². The Morgan fingerprint density at radius 2 is 2.06 bits per heavy atom. The Balaban J connectivity index is 2.22. The van der Waals surface area contributed by atoms with E-state index in [4.69, 9.17) is 9.47 Å². The largest absolute Gasteiger partial charge is 0.496 e. The van der Waals surface area contributed by atoms with Crippen LogP contribution >= 0.6 is 15.9 Å². The van der Waals surface area contributed by atoms with Crippen LogP contribution in [0.5, 0.6) is 11.5 Å². The summed E-state index contributed by atoms with van der Waals surface area (Å²) in [7, 11) is 3.37. The predicted octanol–water partition coefficient (Wildman–Crippen LogP) is 2.76. The maximum absolute atomic E-state index is 5.42. The average Bonchev–Trinajstić information content (AvgIpc) is 2.82. The summed E-state index contributed by atoms with van der Waals surface area (Å²) in [5.74, 6) is 1.71. The van der Waals surface area contributed by atoms with E-state index in [0.29, 0.717) is 6.04 Å². The number of nitrogens with one attached hydrogen (secondary N) is 1. The molecule has 1 aromatic rings. The van der Waals surface area contributed by atoms with Crippen LogP contribution in [0.3, 0.4) is 0 Å². The predicted molar refractivity (Wildman–Crippen MR) is 72.0 cm³/mol. The Morgan fingerprint density at radius 3 is 2.65 bits per heavy atom. The number of ether oxygens (including phenoxy) is 2. The highest BCUT2D eigenvalue weighted by atomic mass is 79.9. The van der Waals surface area contributed by atoms with E-state index < -0.39 is 0 Å². The molecule has 1 fully saturated rings. The highest BCUT2D eigenvalue weighted by Crippen LogP contribution is 2.33. The molecule has 1 N–H and O–H groups in total. The van der Waals surface area contributed by atoms with E-state index >= 15 is 0 Å². The minimum Gasteiger partial charge on any atom is -0.496 e. The van der Waals surface area contributed by atoms with Crippen LogP contribution in [0.25, 0.3) is 0 Å². The van der Waals surface area contributed by atoms with Crippen LogP contribution in [0.1, 0.15) is 18.4 Å². The lowest BCUT2D eigenvalue weighted by Gasteiger charge is -2.15. The second kappa shape index (κ2) is 5.74. The van der Waals surface area contributed by atoms with Gasteiger partial charge in [0.05, 0.1) is 18.7 Å². The van der Waals surface area contributed by atoms with E-state index in [-0.39, 0.29) is 0 Å². The summed E-state index contributed by atoms with van der Waals surface area (Å²) < 4.78 is 11.7. The minimum absolute atomic E-state index is 0.573. The maximum atomic E-state index is 5.42.